The number of fused-ring (bicyclic) bond motifs is 1. The molecule has 4 aromatic rings. The molecule has 0 unspecified atom stereocenters. The summed E-state index contributed by atoms with van der Waals surface area (Å²) >= 11 is 2.92. The third kappa shape index (κ3) is 3.45. The molecule has 0 saturated carbocycles. The van der Waals surface area contributed by atoms with Crippen LogP contribution >= 0.6 is 22.7 Å². The first-order valence-corrected chi connectivity index (χ1v) is 9.60. The molecule has 0 aromatic carbocycles. The maximum Gasteiger partial charge on any atom is 0.224 e. The fourth-order valence-electron chi connectivity index (χ4n) is 2.50. The van der Waals surface area contributed by atoms with Crippen LogP contribution < -0.4 is 5.32 Å². The van der Waals surface area contributed by atoms with Gasteiger partial charge in [-0.05, 0) is 29.3 Å². The van der Waals surface area contributed by atoms with Crippen molar-refractivity contribution in [3.63, 3.8) is 0 Å². The van der Waals surface area contributed by atoms with Crippen molar-refractivity contribution < 1.29 is 4.79 Å². The number of rotatable bonds is 7. The Balaban J connectivity index is 1.52. The number of carbonyl (C=O) groups excluding carboxylic acids is 1. The molecule has 0 atom stereocenters. The number of nitrogens with zero attached hydrogens (tertiary/aromatic N) is 4. The van der Waals surface area contributed by atoms with Crippen LogP contribution in [-0.4, -0.2) is 31.8 Å². The number of ketones is 1. The van der Waals surface area contributed by atoms with Crippen molar-refractivity contribution in [3.8, 4) is 0 Å². The Bertz CT molecular complexity index is 976. The van der Waals surface area contributed by atoms with Crippen molar-refractivity contribution in [2.75, 3.05) is 11.9 Å². The monoisotopic (exact) mass is 369 g/mol. The molecule has 0 spiro atoms. The molecular weight excluding hydrogens is 354 g/mol. The largest absolute Gasteiger partial charge is 0.354 e. The van der Waals surface area contributed by atoms with Crippen LogP contribution in [0.1, 0.15) is 21.8 Å². The third-order valence-electron chi connectivity index (χ3n) is 3.70. The van der Waals surface area contributed by atoms with E-state index in [0.717, 1.165) is 29.7 Å². The average molecular weight is 369 g/mol. The van der Waals surface area contributed by atoms with E-state index in [1.54, 1.807) is 12.5 Å². The number of hydrogen-bond acceptors (Lipinski definition) is 7. The summed E-state index contributed by atoms with van der Waals surface area (Å²) in [6.45, 7) is 1.59. The average Bonchev–Trinajstić information content (AvgIpc) is 3.39. The van der Waals surface area contributed by atoms with Gasteiger partial charge in [-0.2, -0.15) is 0 Å². The summed E-state index contributed by atoms with van der Waals surface area (Å²) in [5.41, 5.74) is 1.27. The van der Waals surface area contributed by atoms with Crippen LogP contribution in [0.5, 0.6) is 0 Å². The highest BCUT2D eigenvalue weighted by Gasteiger charge is 2.18. The summed E-state index contributed by atoms with van der Waals surface area (Å²) in [6, 6.07) is 5.62. The highest BCUT2D eigenvalue weighted by molar-refractivity contribution is 7.17. The lowest BCUT2D eigenvalue weighted by Gasteiger charge is -2.07. The molecule has 4 aromatic heterocycles. The molecule has 1 N–H and O–H groups in total. The van der Waals surface area contributed by atoms with Crippen molar-refractivity contribution in [2.45, 2.75) is 13.0 Å². The summed E-state index contributed by atoms with van der Waals surface area (Å²) in [5, 5.41) is 7.07. The predicted molar refractivity (Wildman–Crippen MR) is 101 cm³/mol. The van der Waals surface area contributed by atoms with E-state index in [2.05, 4.69) is 20.3 Å². The summed E-state index contributed by atoms with van der Waals surface area (Å²) in [7, 11) is 0. The minimum Gasteiger partial charge on any atom is -0.354 e. The Morgan fingerprint density at radius 2 is 2.16 bits per heavy atom. The smallest absolute Gasteiger partial charge is 0.224 e. The van der Waals surface area contributed by atoms with E-state index in [9.17, 15) is 4.79 Å². The van der Waals surface area contributed by atoms with Gasteiger partial charge in [0, 0.05) is 25.5 Å². The van der Waals surface area contributed by atoms with Crippen molar-refractivity contribution in [3.05, 3.63) is 58.3 Å². The minimum absolute atomic E-state index is 0.0497. The highest BCUT2D eigenvalue weighted by Crippen LogP contribution is 2.26. The maximum atomic E-state index is 12.7. The van der Waals surface area contributed by atoms with Crippen LogP contribution in [0.25, 0.3) is 10.2 Å². The van der Waals surface area contributed by atoms with Gasteiger partial charge in [-0.15, -0.1) is 22.7 Å². The molecule has 0 aliphatic heterocycles. The molecule has 4 rings (SSSR count). The first kappa shape index (κ1) is 15.9. The number of aryl methyl sites for hydroxylation is 1. The van der Waals surface area contributed by atoms with Crippen LogP contribution in [0.15, 0.2) is 47.7 Å². The maximum absolute atomic E-state index is 12.7. The Morgan fingerprint density at radius 3 is 2.96 bits per heavy atom. The minimum atomic E-state index is -0.0497. The lowest BCUT2D eigenvalue weighted by Crippen LogP contribution is -2.11. The van der Waals surface area contributed by atoms with Crippen molar-refractivity contribution in [2.24, 2.45) is 0 Å². The Hall–Kier alpha value is -2.58. The van der Waals surface area contributed by atoms with E-state index in [1.165, 1.54) is 22.7 Å². The fourth-order valence-corrected chi connectivity index (χ4v) is 3.98. The summed E-state index contributed by atoms with van der Waals surface area (Å²) in [6.07, 6.45) is 6.41. The van der Waals surface area contributed by atoms with E-state index < -0.39 is 0 Å². The molecule has 6 nitrogen and oxygen atoms in total. The predicted octanol–water partition coefficient (Wildman–Crippen LogP) is 3.68. The van der Waals surface area contributed by atoms with E-state index in [4.69, 9.17) is 0 Å². The molecule has 0 amide bonds. The molecular formula is C17H15N5OS2. The SMILES string of the molecule is O=C(c1cccs1)c1nc(NCCCn2ccnc2)nc2ccsc12. The van der Waals surface area contributed by atoms with E-state index in [1.807, 2.05) is 39.7 Å². The van der Waals surface area contributed by atoms with E-state index in [-0.39, 0.29) is 5.78 Å². The molecule has 25 heavy (non-hydrogen) atoms. The number of nitrogens with one attached hydrogen (secondary N) is 1. The second-order valence-electron chi connectivity index (χ2n) is 5.42. The van der Waals surface area contributed by atoms with Gasteiger partial charge in [0.2, 0.25) is 11.7 Å². The topological polar surface area (TPSA) is 72.7 Å². The van der Waals surface area contributed by atoms with Crippen LogP contribution in [0.2, 0.25) is 0 Å². The molecule has 0 fully saturated rings. The highest BCUT2D eigenvalue weighted by atomic mass is 32.1. The number of carbonyl (C=O) groups is 1. The number of imidazole rings is 1. The zero-order valence-corrected chi connectivity index (χ0v) is 14.9. The van der Waals surface area contributed by atoms with Gasteiger partial charge < -0.3 is 9.88 Å². The molecule has 4 heterocycles. The third-order valence-corrected chi connectivity index (χ3v) is 5.48. The fraction of sp³-hybridized carbons (Fsp3) is 0.176. The van der Waals surface area contributed by atoms with Gasteiger partial charge in [-0.25, -0.2) is 15.0 Å². The van der Waals surface area contributed by atoms with Crippen LogP contribution in [0, 0.1) is 0 Å². The van der Waals surface area contributed by atoms with Crippen LogP contribution in [0.4, 0.5) is 5.95 Å². The molecule has 0 bridgehead atoms. The first-order valence-electron chi connectivity index (χ1n) is 7.84. The molecule has 0 aliphatic rings. The van der Waals surface area contributed by atoms with E-state index >= 15 is 0 Å². The second kappa shape index (κ2) is 7.12. The number of aromatic nitrogens is 4. The van der Waals surface area contributed by atoms with Crippen molar-refractivity contribution in [1.29, 1.82) is 0 Å². The zero-order chi connectivity index (χ0) is 17.1. The summed E-state index contributed by atoms with van der Waals surface area (Å²) < 4.78 is 2.86. The van der Waals surface area contributed by atoms with Gasteiger partial charge >= 0.3 is 0 Å². The lowest BCUT2D eigenvalue weighted by molar-refractivity contribution is 0.104. The Labute approximate surface area is 152 Å². The van der Waals surface area contributed by atoms with Crippen LogP contribution in [-0.2, 0) is 6.54 Å². The zero-order valence-electron chi connectivity index (χ0n) is 13.3. The van der Waals surface area contributed by atoms with Gasteiger partial charge in [-0.1, -0.05) is 6.07 Å². The van der Waals surface area contributed by atoms with Crippen molar-refractivity contribution in [1.82, 2.24) is 19.5 Å². The van der Waals surface area contributed by atoms with Gasteiger partial charge in [0.05, 0.1) is 21.4 Å². The standard InChI is InChI=1S/C17H15N5OS2/c23-15(13-3-1-9-24-13)14-16-12(4-10-25-16)20-17(21-14)19-5-2-7-22-8-6-18-11-22/h1,3-4,6,8-11H,2,5,7H2,(H,19,20,21). The summed E-state index contributed by atoms with van der Waals surface area (Å²) in [5.74, 6) is 0.447. The molecule has 8 heteroatoms. The van der Waals surface area contributed by atoms with Gasteiger partial charge in [0.25, 0.3) is 0 Å². The molecule has 126 valence electrons. The van der Waals surface area contributed by atoms with Gasteiger partial charge in [-0.3, -0.25) is 4.79 Å². The molecule has 0 radical (unpaired) electrons. The quantitative estimate of drug-likeness (QED) is 0.397. The Kier molecular flexibility index (Phi) is 4.53. The van der Waals surface area contributed by atoms with Crippen molar-refractivity contribution >= 4 is 44.6 Å². The summed E-state index contributed by atoms with van der Waals surface area (Å²) in [4.78, 5) is 26.5. The lowest BCUT2D eigenvalue weighted by atomic mass is 10.2. The van der Waals surface area contributed by atoms with Crippen LogP contribution in [0.3, 0.4) is 0 Å². The Morgan fingerprint density at radius 1 is 1.20 bits per heavy atom. The number of hydrogen-bond donors (Lipinski definition) is 1. The normalized spacial score (nSPS) is 11.0. The number of anilines is 1. The van der Waals surface area contributed by atoms with Gasteiger partial charge in [0.1, 0.15) is 5.69 Å². The molecule has 0 saturated heterocycles. The molecule has 0 aliphatic carbocycles. The number of thiophene rings is 2. The second-order valence-corrected chi connectivity index (χ2v) is 7.28. The van der Waals surface area contributed by atoms with E-state index in [0.29, 0.717) is 16.5 Å². The van der Waals surface area contributed by atoms with Gasteiger partial charge in [0.15, 0.2) is 0 Å². The first-order chi connectivity index (χ1) is 12.3.